The number of benzene rings is 2. The third kappa shape index (κ3) is 4.79. The lowest BCUT2D eigenvalue weighted by molar-refractivity contribution is -0.844. The van der Waals surface area contributed by atoms with E-state index in [-0.39, 0.29) is 11.9 Å². The number of tetrazole rings is 1. The lowest BCUT2D eigenvalue weighted by Gasteiger charge is -2.27. The fourth-order valence-corrected chi connectivity index (χ4v) is 4.58. The number of carbonyl (C=O) groups is 1. The Balaban J connectivity index is 1.82. The molecule has 8 heteroatoms. The molecule has 4 rings (SSSR count). The quantitative estimate of drug-likeness (QED) is 0.346. The van der Waals surface area contributed by atoms with E-state index in [0.29, 0.717) is 22.6 Å². The molecule has 2 heterocycles. The fraction of sp³-hybridized carbons (Fsp3) is 0.370. The van der Waals surface area contributed by atoms with E-state index in [1.807, 2.05) is 31.2 Å². The predicted molar refractivity (Wildman–Crippen MR) is 137 cm³/mol. The number of esters is 1. The van der Waals surface area contributed by atoms with Crippen molar-refractivity contribution in [3.63, 3.8) is 0 Å². The van der Waals surface area contributed by atoms with E-state index in [1.54, 1.807) is 0 Å². The molecule has 35 heavy (non-hydrogen) atoms. The molecule has 0 aliphatic carbocycles. The van der Waals surface area contributed by atoms with Crippen molar-refractivity contribution in [1.29, 1.82) is 0 Å². The second-order valence-electron chi connectivity index (χ2n) is 9.17. The highest BCUT2D eigenvalue weighted by Gasteiger charge is 2.45. The first-order chi connectivity index (χ1) is 16.9. The molecular formula is C27H33N6O2+. The second-order valence-corrected chi connectivity index (χ2v) is 9.17. The number of carbonyl (C=O) groups excluding carboxylic acids is 1. The van der Waals surface area contributed by atoms with Crippen LogP contribution in [0.4, 0.5) is 0 Å². The summed E-state index contributed by atoms with van der Waals surface area (Å²) in [5.74, 6) is 0.416. The lowest BCUT2D eigenvalue weighted by Crippen LogP contribution is -2.36. The highest BCUT2D eigenvalue weighted by atomic mass is 16.5. The first-order valence-electron chi connectivity index (χ1n) is 12.2. The highest BCUT2D eigenvalue weighted by molar-refractivity contribution is 6.25. The van der Waals surface area contributed by atoms with Crippen molar-refractivity contribution in [2.75, 3.05) is 20.2 Å². The van der Waals surface area contributed by atoms with Gasteiger partial charge in [0.25, 0.3) is 0 Å². The molecule has 1 N–H and O–H groups in total. The van der Waals surface area contributed by atoms with Crippen LogP contribution in [-0.2, 0) is 9.53 Å². The summed E-state index contributed by atoms with van der Waals surface area (Å²) in [5.41, 5.74) is 6.25. The van der Waals surface area contributed by atoms with E-state index in [9.17, 15) is 4.79 Å². The molecule has 0 radical (unpaired) electrons. The van der Waals surface area contributed by atoms with Gasteiger partial charge in [0, 0.05) is 17.0 Å². The van der Waals surface area contributed by atoms with Gasteiger partial charge in [-0.15, -0.1) is 5.10 Å². The number of aromatic nitrogens is 4. The number of nitrogens with one attached hydrogen (secondary N) is 1. The normalized spacial score (nSPS) is 17.7. The van der Waals surface area contributed by atoms with Gasteiger partial charge in [0.05, 0.1) is 13.7 Å². The summed E-state index contributed by atoms with van der Waals surface area (Å²) in [4.78, 5) is 13.2. The summed E-state index contributed by atoms with van der Waals surface area (Å²) in [6, 6.07) is 16.3. The van der Waals surface area contributed by atoms with Gasteiger partial charge in [0.15, 0.2) is 17.1 Å². The summed E-state index contributed by atoms with van der Waals surface area (Å²) >= 11 is 0. The molecule has 1 unspecified atom stereocenters. The molecule has 1 aromatic heterocycles. The van der Waals surface area contributed by atoms with E-state index in [4.69, 9.17) is 9.84 Å². The lowest BCUT2D eigenvalue weighted by atomic mass is 9.94. The van der Waals surface area contributed by atoms with Crippen molar-refractivity contribution in [2.45, 2.75) is 40.5 Å². The van der Waals surface area contributed by atoms with Gasteiger partial charge in [0.1, 0.15) is 12.3 Å². The fourth-order valence-electron chi connectivity index (χ4n) is 4.58. The second kappa shape index (κ2) is 10.3. The van der Waals surface area contributed by atoms with Crippen molar-refractivity contribution in [3.8, 4) is 22.5 Å². The first-order valence-corrected chi connectivity index (χ1v) is 12.2. The van der Waals surface area contributed by atoms with E-state index in [0.717, 1.165) is 53.0 Å². The topological polar surface area (TPSA) is 93.1 Å². The van der Waals surface area contributed by atoms with Crippen molar-refractivity contribution >= 4 is 17.4 Å². The maximum atomic E-state index is 13.2. The van der Waals surface area contributed by atoms with Gasteiger partial charge in [0.2, 0.25) is 0 Å². The number of aromatic amines is 1. The SMILES string of the molecule is CCCC[N+]1(C)N=C(C(C)C)C(C(=O)OCC)=C1c1ccc(-c2ccccc2-c2nnn[nH]2)cc1. The Bertz CT molecular complexity index is 1240. The molecule has 182 valence electrons. The molecule has 0 fully saturated rings. The number of ether oxygens (including phenoxy) is 1. The van der Waals surface area contributed by atoms with Crippen LogP contribution in [0.1, 0.15) is 46.1 Å². The summed E-state index contributed by atoms with van der Waals surface area (Å²) in [6.07, 6.45) is 2.05. The molecule has 1 aliphatic rings. The van der Waals surface area contributed by atoms with Gasteiger partial charge in [-0.25, -0.2) is 9.89 Å². The standard InChI is InChI=1S/C27H32N6O2/c1-6-8-17-33(5)25(23(27(34)35-7-2)24(30-33)18(3)4)20-15-13-19(14-16-20)21-11-9-10-12-22(21)26-28-31-32-29-26/h9-16,18H,6-8,17H2,1-5H3/p+1. The highest BCUT2D eigenvalue weighted by Crippen LogP contribution is 2.40. The third-order valence-electron chi connectivity index (χ3n) is 6.27. The Labute approximate surface area is 206 Å². The number of hydrogen-bond acceptors (Lipinski definition) is 6. The number of hydrogen-bond donors (Lipinski definition) is 1. The Morgan fingerprint density at radius 3 is 2.31 bits per heavy atom. The Morgan fingerprint density at radius 1 is 1.03 bits per heavy atom. The minimum Gasteiger partial charge on any atom is -0.462 e. The van der Waals surface area contributed by atoms with Crippen LogP contribution in [0.5, 0.6) is 0 Å². The molecule has 0 amide bonds. The largest absolute Gasteiger partial charge is 0.462 e. The zero-order valence-corrected chi connectivity index (χ0v) is 21.1. The van der Waals surface area contributed by atoms with Crippen LogP contribution in [0, 0.1) is 5.92 Å². The Morgan fingerprint density at radius 2 is 1.71 bits per heavy atom. The van der Waals surface area contributed by atoms with Gasteiger partial charge in [-0.05, 0) is 47.0 Å². The van der Waals surface area contributed by atoms with E-state index in [2.05, 4.69) is 72.7 Å². The van der Waals surface area contributed by atoms with Crippen LogP contribution >= 0.6 is 0 Å². The zero-order valence-electron chi connectivity index (χ0n) is 21.1. The van der Waals surface area contributed by atoms with Crippen LogP contribution in [0.25, 0.3) is 28.2 Å². The van der Waals surface area contributed by atoms with Gasteiger partial charge in [-0.1, -0.05) is 68.7 Å². The van der Waals surface area contributed by atoms with Gasteiger partial charge < -0.3 is 4.74 Å². The van der Waals surface area contributed by atoms with E-state index in [1.165, 1.54) is 0 Å². The molecule has 0 bridgehead atoms. The van der Waals surface area contributed by atoms with Gasteiger partial charge in [-0.2, -0.15) is 4.59 Å². The molecule has 0 saturated carbocycles. The van der Waals surface area contributed by atoms with Gasteiger partial charge in [-0.3, -0.25) is 0 Å². The maximum absolute atomic E-state index is 13.2. The minimum absolute atomic E-state index is 0.104. The monoisotopic (exact) mass is 473 g/mol. The summed E-state index contributed by atoms with van der Waals surface area (Å²) < 4.78 is 5.84. The Kier molecular flexibility index (Phi) is 7.21. The van der Waals surface area contributed by atoms with Crippen molar-refractivity contribution < 1.29 is 14.1 Å². The molecule has 0 spiro atoms. The summed E-state index contributed by atoms with van der Waals surface area (Å²) in [6.45, 7) is 9.29. The number of quaternary nitrogens is 1. The van der Waals surface area contributed by atoms with Crippen molar-refractivity contribution in [3.05, 3.63) is 59.7 Å². The van der Waals surface area contributed by atoms with Crippen LogP contribution in [0.3, 0.4) is 0 Å². The molecular weight excluding hydrogens is 440 g/mol. The van der Waals surface area contributed by atoms with E-state index < -0.39 is 0 Å². The number of unbranched alkanes of at least 4 members (excludes halogenated alkanes) is 1. The van der Waals surface area contributed by atoms with Crippen molar-refractivity contribution in [1.82, 2.24) is 20.6 Å². The predicted octanol–water partition coefficient (Wildman–Crippen LogP) is 5.08. The zero-order chi connectivity index (χ0) is 25.0. The summed E-state index contributed by atoms with van der Waals surface area (Å²) in [5, 5.41) is 19.4. The molecule has 0 saturated heterocycles. The molecule has 2 aromatic carbocycles. The van der Waals surface area contributed by atoms with Gasteiger partial charge >= 0.3 is 5.97 Å². The van der Waals surface area contributed by atoms with Crippen LogP contribution in [0.15, 0.2) is 59.2 Å². The smallest absolute Gasteiger partial charge is 0.346 e. The molecule has 8 nitrogen and oxygen atoms in total. The molecule has 1 aliphatic heterocycles. The molecule has 1 atom stereocenters. The van der Waals surface area contributed by atoms with E-state index >= 15 is 0 Å². The first kappa shape index (κ1) is 24.5. The average molecular weight is 474 g/mol. The van der Waals surface area contributed by atoms with Crippen LogP contribution in [-0.4, -0.2) is 57.1 Å². The third-order valence-corrected chi connectivity index (χ3v) is 6.27. The van der Waals surface area contributed by atoms with Crippen molar-refractivity contribution in [2.24, 2.45) is 11.0 Å². The number of H-pyrrole nitrogens is 1. The minimum atomic E-state index is -0.305. The summed E-state index contributed by atoms with van der Waals surface area (Å²) in [7, 11) is 2.08. The molecule has 3 aromatic rings. The maximum Gasteiger partial charge on any atom is 0.346 e. The average Bonchev–Trinajstić information content (AvgIpc) is 3.50. The number of rotatable bonds is 9. The number of nitrogens with zero attached hydrogens (tertiary/aromatic N) is 5. The van der Waals surface area contributed by atoms with Crippen LogP contribution < -0.4 is 0 Å². The van der Waals surface area contributed by atoms with Crippen LogP contribution in [0.2, 0.25) is 0 Å². The Hall–Kier alpha value is -3.65.